The highest BCUT2D eigenvalue weighted by atomic mass is 32.2. The number of carboxylic acids is 2. The second kappa shape index (κ2) is 16.5. The molecule has 13 nitrogen and oxygen atoms in total. The van der Waals surface area contributed by atoms with Gasteiger partial charge in [0.2, 0.25) is 0 Å². The molecular weight excluding hydrogens is 935 g/mol. The number of hydrogen-bond acceptors (Lipinski definition) is 15. The summed E-state index contributed by atoms with van der Waals surface area (Å²) in [6.45, 7) is 4.86. The Hall–Kier alpha value is -5.44. The zero-order valence-corrected chi connectivity index (χ0v) is 38.8. The maximum Gasteiger partial charge on any atom is 0.323 e. The molecule has 64 heavy (non-hydrogen) atoms. The van der Waals surface area contributed by atoms with Crippen LogP contribution in [0.4, 0.5) is 11.4 Å². The number of carboxylic acid groups (broad SMARTS) is 2. The normalized spacial score (nSPS) is 22.0. The van der Waals surface area contributed by atoms with Crippen molar-refractivity contribution >= 4 is 132 Å². The molecule has 2 aromatic carbocycles. The summed E-state index contributed by atoms with van der Waals surface area (Å²) >= 11 is 15.7. The van der Waals surface area contributed by atoms with Gasteiger partial charge < -0.3 is 34.1 Å². The number of amides is 2. The molecule has 2 saturated heterocycles. The van der Waals surface area contributed by atoms with Gasteiger partial charge in [0.25, 0.3) is 11.8 Å². The Balaban J connectivity index is 1.05. The van der Waals surface area contributed by atoms with Crippen molar-refractivity contribution in [2.45, 2.75) is 25.3 Å². The van der Waals surface area contributed by atoms with Gasteiger partial charge in [-0.2, -0.15) is 0 Å². The fraction of sp³-hybridized carbons (Fsp3) is 0.244. The molecule has 2 N–H and O–H groups in total. The monoisotopic (exact) mass is 969 g/mol. The maximum atomic E-state index is 13.3. The zero-order chi connectivity index (χ0) is 44.6. The van der Waals surface area contributed by atoms with Gasteiger partial charge in [0.05, 0.1) is 35.4 Å². The topological polar surface area (TPSA) is 155 Å². The molecular formula is C45H35N3O10S6. The van der Waals surface area contributed by atoms with Gasteiger partial charge in [-0.3, -0.25) is 29.0 Å². The molecule has 0 saturated carbocycles. The quantitative estimate of drug-likeness (QED) is 0.121. The lowest BCUT2D eigenvalue weighted by Crippen LogP contribution is -2.50. The Bertz CT molecular complexity index is 2860. The number of rotatable bonds is 9. The van der Waals surface area contributed by atoms with Crippen LogP contribution in [0, 0.1) is 5.92 Å². The second-order valence-electron chi connectivity index (χ2n) is 15.8. The van der Waals surface area contributed by atoms with Crippen molar-refractivity contribution in [2.24, 2.45) is 5.92 Å². The third-order valence-electron chi connectivity index (χ3n) is 11.5. The predicted molar refractivity (Wildman–Crippen MR) is 257 cm³/mol. The molecule has 326 valence electrons. The van der Waals surface area contributed by atoms with E-state index in [0.717, 1.165) is 71.2 Å². The van der Waals surface area contributed by atoms with E-state index >= 15 is 0 Å². The minimum absolute atomic E-state index is 0.0615. The van der Waals surface area contributed by atoms with Gasteiger partial charge >= 0.3 is 11.9 Å². The van der Waals surface area contributed by atoms with Crippen molar-refractivity contribution in [3.8, 4) is 33.4 Å². The van der Waals surface area contributed by atoms with E-state index in [4.69, 9.17) is 43.4 Å². The van der Waals surface area contributed by atoms with E-state index in [1.54, 1.807) is 12.2 Å². The molecule has 0 radical (unpaired) electrons. The molecule has 6 aliphatic rings. The van der Waals surface area contributed by atoms with Gasteiger partial charge in [0.1, 0.15) is 48.2 Å². The third kappa shape index (κ3) is 7.31. The number of carbonyl (C=O) groups excluding carboxylic acids is 2. The first kappa shape index (κ1) is 42.5. The number of aliphatic carboxylic acids is 2. The van der Waals surface area contributed by atoms with Gasteiger partial charge in [0.15, 0.2) is 23.0 Å². The van der Waals surface area contributed by atoms with Crippen LogP contribution in [0.2, 0.25) is 0 Å². The van der Waals surface area contributed by atoms with E-state index in [1.165, 1.54) is 22.7 Å². The highest BCUT2D eigenvalue weighted by Gasteiger charge is 2.47. The lowest BCUT2D eigenvalue weighted by atomic mass is 9.64. The molecule has 2 aromatic heterocycles. The minimum Gasteiger partial charge on any atom is -0.485 e. The molecule has 1 aliphatic carbocycles. The Morgan fingerprint density at radius 1 is 0.766 bits per heavy atom. The number of thiocarbonyl (C=S) groups is 2. The van der Waals surface area contributed by atoms with Gasteiger partial charge in [-0.1, -0.05) is 104 Å². The van der Waals surface area contributed by atoms with E-state index < -0.39 is 42.3 Å². The number of para-hydroxylation sites is 1. The van der Waals surface area contributed by atoms with Crippen LogP contribution in [0.25, 0.3) is 28.2 Å². The molecule has 19 heteroatoms. The highest BCUT2D eigenvalue weighted by molar-refractivity contribution is 8.27. The van der Waals surface area contributed by atoms with E-state index in [2.05, 4.69) is 67.3 Å². The van der Waals surface area contributed by atoms with Crippen LogP contribution in [0.5, 0.6) is 23.0 Å². The maximum absolute atomic E-state index is 13.3. The van der Waals surface area contributed by atoms with Gasteiger partial charge in [-0.05, 0) is 53.1 Å². The Morgan fingerprint density at radius 3 is 1.86 bits per heavy atom. The van der Waals surface area contributed by atoms with Crippen molar-refractivity contribution < 1.29 is 48.3 Å². The third-order valence-corrected chi connectivity index (χ3v) is 16.6. The number of fused-ring (bicyclic) bond motifs is 4. The summed E-state index contributed by atoms with van der Waals surface area (Å²) in [5.74, 6) is -1.05. The summed E-state index contributed by atoms with van der Waals surface area (Å²) in [4.78, 5) is 57.7. The molecule has 2 amide bonds. The molecule has 0 bridgehead atoms. The van der Waals surface area contributed by atoms with Crippen LogP contribution < -0.4 is 23.8 Å². The number of allylic oxidation sites excluding steroid dienone is 2. The molecule has 2 unspecified atom stereocenters. The minimum atomic E-state index is -1.15. The number of benzene rings is 2. The number of anilines is 2. The number of thiophene rings is 2. The fourth-order valence-electron chi connectivity index (χ4n) is 8.64. The number of thioether (sulfide) groups is 2. The Morgan fingerprint density at radius 2 is 1.30 bits per heavy atom. The van der Waals surface area contributed by atoms with E-state index in [9.17, 15) is 29.4 Å². The average Bonchev–Trinajstić information content (AvgIpc) is 3.99. The van der Waals surface area contributed by atoms with Crippen LogP contribution in [-0.2, 0) is 24.6 Å². The molecule has 10 rings (SSSR count). The van der Waals surface area contributed by atoms with Crippen molar-refractivity contribution in [3.63, 3.8) is 0 Å². The van der Waals surface area contributed by atoms with Crippen LogP contribution in [0.1, 0.15) is 34.0 Å². The van der Waals surface area contributed by atoms with E-state index in [0.29, 0.717) is 69.0 Å². The van der Waals surface area contributed by atoms with Crippen LogP contribution in [0.3, 0.4) is 0 Å². The first-order valence-electron chi connectivity index (χ1n) is 20.0. The number of hydrogen-bond donors (Lipinski definition) is 2. The van der Waals surface area contributed by atoms with Crippen molar-refractivity contribution in [1.82, 2.24) is 9.80 Å². The zero-order valence-electron chi connectivity index (χ0n) is 33.9. The summed E-state index contributed by atoms with van der Waals surface area (Å²) in [6, 6.07) is 16.7. The lowest BCUT2D eigenvalue weighted by molar-refractivity contribution is -0.140. The molecule has 2 fully saturated rings. The van der Waals surface area contributed by atoms with Gasteiger partial charge in [-0.25, -0.2) is 0 Å². The summed E-state index contributed by atoms with van der Waals surface area (Å²) in [6.07, 6.45) is 10.1. The number of carbonyl (C=O) groups is 4. The number of ether oxygens (including phenoxy) is 4. The summed E-state index contributed by atoms with van der Waals surface area (Å²) in [5, 5.41) is 18.7. The standard InChI is InChI=1S/C45H35N3O10S6/c1-45(2)25-16-22(39-37-35(55-12-14-57-37)29(61-39)18-31-41(53)46(20-33(49)50)43(59)63-31)8-10-27(25)48(24-6-4-3-5-7-24)28-11-9-23(17-26(28)45)40-38-36(56-13-15-58-38)30(62-40)19-32-42(54)47(21-34(51)52)44(60)64-32/h3-11,16-19,25,27H,12-15,20-21H2,1-2H3,(H,49,50)(H,51,52)/b31-18+,32-19+. The Kier molecular flexibility index (Phi) is 11.0. The molecule has 4 aromatic rings. The molecule has 0 spiro atoms. The summed E-state index contributed by atoms with van der Waals surface area (Å²) < 4.78 is 25.3. The molecule has 2 atom stereocenters. The van der Waals surface area contributed by atoms with Crippen LogP contribution in [0.15, 0.2) is 76.6 Å². The van der Waals surface area contributed by atoms with Crippen molar-refractivity contribution in [1.29, 1.82) is 0 Å². The molecule has 7 heterocycles. The van der Waals surface area contributed by atoms with E-state index in [-0.39, 0.29) is 20.6 Å². The fourth-order valence-corrected chi connectivity index (χ4v) is 13.5. The van der Waals surface area contributed by atoms with Crippen LogP contribution >= 0.6 is 70.6 Å². The Labute approximate surface area is 393 Å². The van der Waals surface area contributed by atoms with E-state index in [1.807, 2.05) is 18.2 Å². The molecule has 5 aliphatic heterocycles. The largest absolute Gasteiger partial charge is 0.485 e. The average molecular weight is 970 g/mol. The first-order chi connectivity index (χ1) is 30.8. The predicted octanol–water partition coefficient (Wildman–Crippen LogP) is 8.66. The van der Waals surface area contributed by atoms with Gasteiger partial charge in [0, 0.05) is 22.7 Å². The number of nitrogens with zero attached hydrogens (tertiary/aromatic N) is 3. The van der Waals surface area contributed by atoms with Gasteiger partial charge in [-0.15, -0.1) is 22.7 Å². The summed E-state index contributed by atoms with van der Waals surface area (Å²) in [5.41, 5.74) is 4.61. The van der Waals surface area contributed by atoms with Crippen molar-refractivity contribution in [3.05, 3.63) is 96.8 Å². The lowest BCUT2D eigenvalue weighted by Gasteiger charge is -2.51. The summed E-state index contributed by atoms with van der Waals surface area (Å²) in [7, 11) is 0. The highest BCUT2D eigenvalue weighted by Crippen LogP contribution is 2.57. The first-order valence-corrected chi connectivity index (χ1v) is 24.1. The second-order valence-corrected chi connectivity index (χ2v) is 21.2. The smallest absolute Gasteiger partial charge is 0.323 e. The van der Waals surface area contributed by atoms with Crippen molar-refractivity contribution in [2.75, 3.05) is 44.4 Å². The van der Waals surface area contributed by atoms with Crippen LogP contribution in [-0.4, -0.2) is 98.0 Å². The SMILES string of the molecule is CC1(C)c2cc(-c3sc(/C=C4/SC(=S)N(CC(=O)O)C4=O)c4c3OCCO4)ccc2N(c2ccccc2)C2C=CC(c3sc(/C=C4/SC(=S)N(CC(=O)O)C4=O)c4c3OCCO4)=CC21.